The number of fused-ring (bicyclic) bond motifs is 1. The van der Waals surface area contributed by atoms with Gasteiger partial charge in [-0.15, -0.1) is 0 Å². The molecule has 0 aliphatic carbocycles. The van der Waals surface area contributed by atoms with Crippen LogP contribution in [0, 0.1) is 6.92 Å². The van der Waals surface area contributed by atoms with Gasteiger partial charge in [0.25, 0.3) is 0 Å². The van der Waals surface area contributed by atoms with Crippen molar-refractivity contribution in [3.8, 4) is 11.1 Å². The van der Waals surface area contributed by atoms with Crippen molar-refractivity contribution in [1.29, 1.82) is 0 Å². The molecule has 0 fully saturated rings. The lowest BCUT2D eigenvalue weighted by molar-refractivity contribution is 0.0627. The summed E-state index contributed by atoms with van der Waals surface area (Å²) in [4.78, 5) is 4.44. The van der Waals surface area contributed by atoms with Crippen LogP contribution >= 0.6 is 11.6 Å². The second kappa shape index (κ2) is 5.41. The standard InChI is InChI=1S/C18H19ClN2O/c1-12-4-6-14(15(19)8-12)13-5-7-17-16(9-13)20-11-21(17)10-18(2,3)22/h4-9,11,22H,10H2,1-3H3. The van der Waals surface area contributed by atoms with Crippen LogP contribution in [0.15, 0.2) is 42.7 Å². The van der Waals surface area contributed by atoms with Crippen molar-refractivity contribution in [3.05, 3.63) is 53.3 Å². The molecule has 0 saturated heterocycles. The van der Waals surface area contributed by atoms with Crippen molar-refractivity contribution in [2.24, 2.45) is 0 Å². The summed E-state index contributed by atoms with van der Waals surface area (Å²) < 4.78 is 1.97. The van der Waals surface area contributed by atoms with Gasteiger partial charge in [0.1, 0.15) is 0 Å². The van der Waals surface area contributed by atoms with Crippen LogP contribution in [0.1, 0.15) is 19.4 Å². The van der Waals surface area contributed by atoms with E-state index in [-0.39, 0.29) is 0 Å². The summed E-state index contributed by atoms with van der Waals surface area (Å²) in [6.45, 7) is 6.11. The highest BCUT2D eigenvalue weighted by atomic mass is 35.5. The van der Waals surface area contributed by atoms with Crippen LogP contribution in [0.5, 0.6) is 0 Å². The second-order valence-electron chi connectivity index (χ2n) is 6.37. The molecule has 114 valence electrons. The minimum absolute atomic E-state index is 0.508. The molecule has 0 bridgehead atoms. The fourth-order valence-corrected chi connectivity index (χ4v) is 2.97. The summed E-state index contributed by atoms with van der Waals surface area (Å²) in [6.07, 6.45) is 1.77. The van der Waals surface area contributed by atoms with Gasteiger partial charge in [0.15, 0.2) is 0 Å². The maximum absolute atomic E-state index is 9.98. The molecule has 3 rings (SSSR count). The Morgan fingerprint density at radius 1 is 1.18 bits per heavy atom. The Morgan fingerprint density at radius 2 is 1.95 bits per heavy atom. The van der Waals surface area contributed by atoms with E-state index in [9.17, 15) is 5.11 Å². The van der Waals surface area contributed by atoms with E-state index in [1.54, 1.807) is 20.2 Å². The van der Waals surface area contributed by atoms with E-state index in [1.165, 1.54) is 0 Å². The fourth-order valence-electron chi connectivity index (χ4n) is 2.63. The third kappa shape index (κ3) is 3.01. The van der Waals surface area contributed by atoms with E-state index < -0.39 is 5.60 Å². The minimum atomic E-state index is -0.771. The molecule has 4 heteroatoms. The van der Waals surface area contributed by atoms with Gasteiger partial charge < -0.3 is 9.67 Å². The van der Waals surface area contributed by atoms with Crippen LogP contribution in [-0.2, 0) is 6.54 Å². The number of hydrogen-bond acceptors (Lipinski definition) is 2. The number of imidazole rings is 1. The van der Waals surface area contributed by atoms with Crippen molar-refractivity contribution in [2.75, 3.05) is 0 Å². The van der Waals surface area contributed by atoms with E-state index in [0.29, 0.717) is 6.54 Å². The van der Waals surface area contributed by atoms with E-state index in [0.717, 1.165) is 32.7 Å². The molecule has 22 heavy (non-hydrogen) atoms. The number of rotatable bonds is 3. The predicted octanol–water partition coefficient (Wildman–Crippen LogP) is 4.44. The van der Waals surface area contributed by atoms with E-state index in [2.05, 4.69) is 11.1 Å². The van der Waals surface area contributed by atoms with Gasteiger partial charge in [-0.05, 0) is 50.1 Å². The van der Waals surface area contributed by atoms with Gasteiger partial charge in [-0.2, -0.15) is 0 Å². The molecule has 3 aromatic rings. The molecular weight excluding hydrogens is 296 g/mol. The summed E-state index contributed by atoms with van der Waals surface area (Å²) in [6, 6.07) is 12.2. The molecule has 1 aromatic heterocycles. The number of aryl methyl sites for hydroxylation is 1. The van der Waals surface area contributed by atoms with Crippen LogP contribution in [-0.4, -0.2) is 20.3 Å². The summed E-state index contributed by atoms with van der Waals surface area (Å²) >= 11 is 6.35. The second-order valence-corrected chi connectivity index (χ2v) is 6.78. The monoisotopic (exact) mass is 314 g/mol. The Labute approximate surface area is 135 Å². The number of halogens is 1. The largest absolute Gasteiger partial charge is 0.389 e. The van der Waals surface area contributed by atoms with Gasteiger partial charge in [-0.25, -0.2) is 4.98 Å². The highest BCUT2D eigenvalue weighted by molar-refractivity contribution is 6.33. The predicted molar refractivity (Wildman–Crippen MR) is 91.2 cm³/mol. The summed E-state index contributed by atoms with van der Waals surface area (Å²) in [5.74, 6) is 0. The van der Waals surface area contributed by atoms with Gasteiger partial charge in [-0.3, -0.25) is 0 Å². The van der Waals surface area contributed by atoms with E-state index in [1.807, 2.05) is 41.8 Å². The van der Waals surface area contributed by atoms with Crippen LogP contribution in [0.2, 0.25) is 5.02 Å². The third-order valence-corrected chi connectivity index (χ3v) is 3.93. The zero-order valence-electron chi connectivity index (χ0n) is 13.0. The fraction of sp³-hybridized carbons (Fsp3) is 0.278. The van der Waals surface area contributed by atoms with Gasteiger partial charge in [0.05, 0.1) is 29.5 Å². The first-order valence-corrected chi connectivity index (χ1v) is 7.65. The molecule has 1 heterocycles. The SMILES string of the molecule is Cc1ccc(-c2ccc3c(c2)ncn3CC(C)(C)O)c(Cl)c1. The van der Waals surface area contributed by atoms with Gasteiger partial charge in [0, 0.05) is 10.6 Å². The molecule has 0 aliphatic heterocycles. The van der Waals surface area contributed by atoms with E-state index in [4.69, 9.17) is 11.6 Å². The molecule has 0 spiro atoms. The molecule has 0 atom stereocenters. The lowest BCUT2D eigenvalue weighted by atomic mass is 10.0. The Kier molecular flexibility index (Phi) is 3.71. The van der Waals surface area contributed by atoms with Crippen molar-refractivity contribution in [3.63, 3.8) is 0 Å². The lowest BCUT2D eigenvalue weighted by Gasteiger charge is -2.18. The van der Waals surface area contributed by atoms with Crippen molar-refractivity contribution in [1.82, 2.24) is 9.55 Å². The molecule has 0 saturated carbocycles. The summed E-state index contributed by atoms with van der Waals surface area (Å²) in [7, 11) is 0. The van der Waals surface area contributed by atoms with Gasteiger partial charge in [-0.1, -0.05) is 29.8 Å². The molecule has 3 nitrogen and oxygen atoms in total. The molecule has 0 unspecified atom stereocenters. The van der Waals surface area contributed by atoms with Crippen molar-refractivity contribution < 1.29 is 5.11 Å². The van der Waals surface area contributed by atoms with Crippen LogP contribution < -0.4 is 0 Å². The molecule has 0 amide bonds. The number of hydrogen-bond donors (Lipinski definition) is 1. The average Bonchev–Trinajstić information content (AvgIpc) is 2.79. The summed E-state index contributed by atoms with van der Waals surface area (Å²) in [5.41, 5.74) is 4.33. The molecule has 1 N–H and O–H groups in total. The smallest absolute Gasteiger partial charge is 0.0959 e. The van der Waals surface area contributed by atoms with Crippen molar-refractivity contribution >= 4 is 22.6 Å². The van der Waals surface area contributed by atoms with Crippen LogP contribution in [0.25, 0.3) is 22.2 Å². The van der Waals surface area contributed by atoms with Crippen LogP contribution in [0.3, 0.4) is 0 Å². The number of benzene rings is 2. The number of aromatic nitrogens is 2. The maximum atomic E-state index is 9.98. The average molecular weight is 315 g/mol. The first kappa shape index (κ1) is 15.1. The first-order chi connectivity index (χ1) is 10.3. The van der Waals surface area contributed by atoms with Crippen LogP contribution in [0.4, 0.5) is 0 Å². The number of nitrogens with zero attached hydrogens (tertiary/aromatic N) is 2. The molecule has 0 radical (unpaired) electrons. The first-order valence-electron chi connectivity index (χ1n) is 7.27. The minimum Gasteiger partial charge on any atom is -0.389 e. The Balaban J connectivity index is 2.04. The van der Waals surface area contributed by atoms with Gasteiger partial charge >= 0.3 is 0 Å². The molecule has 2 aromatic carbocycles. The highest BCUT2D eigenvalue weighted by Gasteiger charge is 2.15. The maximum Gasteiger partial charge on any atom is 0.0959 e. The third-order valence-electron chi connectivity index (χ3n) is 3.61. The highest BCUT2D eigenvalue weighted by Crippen LogP contribution is 2.30. The zero-order chi connectivity index (χ0) is 15.9. The molecular formula is C18H19ClN2O. The Hall–Kier alpha value is -1.84. The topological polar surface area (TPSA) is 38.0 Å². The summed E-state index contributed by atoms with van der Waals surface area (Å²) in [5, 5.41) is 10.7. The zero-order valence-corrected chi connectivity index (χ0v) is 13.7. The normalized spacial score (nSPS) is 12.0. The molecule has 0 aliphatic rings. The Bertz CT molecular complexity index is 831. The Morgan fingerprint density at radius 3 is 2.64 bits per heavy atom. The van der Waals surface area contributed by atoms with Crippen molar-refractivity contribution in [2.45, 2.75) is 32.9 Å². The lowest BCUT2D eigenvalue weighted by Crippen LogP contribution is -2.25. The quantitative estimate of drug-likeness (QED) is 0.776. The van der Waals surface area contributed by atoms with E-state index >= 15 is 0 Å². The van der Waals surface area contributed by atoms with Gasteiger partial charge in [0.2, 0.25) is 0 Å². The number of aliphatic hydroxyl groups is 1.